The fraction of sp³-hybridized carbons (Fsp3) is 0.696. The maximum atomic E-state index is 11.9. The van der Waals surface area contributed by atoms with E-state index in [-0.39, 0.29) is 18.5 Å². The van der Waals surface area contributed by atoms with Gasteiger partial charge in [-0.25, -0.2) is 0 Å². The summed E-state index contributed by atoms with van der Waals surface area (Å²) in [7, 11) is 1.63. The molecule has 0 bridgehead atoms. The summed E-state index contributed by atoms with van der Waals surface area (Å²) in [5, 5.41) is 10.3. The fourth-order valence-electron chi connectivity index (χ4n) is 4.28. The first kappa shape index (κ1) is 22.8. The highest BCUT2D eigenvalue weighted by Crippen LogP contribution is 2.29. The zero-order chi connectivity index (χ0) is 21.3. The van der Waals surface area contributed by atoms with Crippen molar-refractivity contribution in [1.82, 2.24) is 9.80 Å². The third kappa shape index (κ3) is 6.59. The van der Waals surface area contributed by atoms with Gasteiger partial charge in [0.25, 0.3) is 0 Å². The Morgan fingerprint density at radius 1 is 1.13 bits per heavy atom. The van der Waals surface area contributed by atoms with E-state index in [0.717, 1.165) is 51.1 Å². The molecule has 1 aromatic carbocycles. The molecule has 2 aliphatic rings. The SMILES string of the molecule is CCOC(=O)C1CCN(Cc2ccc(OC)c(OC[C@@H](O)CN3CCCC3)c2)CC1. The molecule has 0 aliphatic carbocycles. The number of nitrogens with zero attached hydrogens (tertiary/aromatic N) is 2. The Bertz CT molecular complexity index is 670. The molecule has 0 spiro atoms. The lowest BCUT2D eigenvalue weighted by molar-refractivity contribution is -0.149. The molecule has 3 rings (SSSR count). The first-order chi connectivity index (χ1) is 14.6. The molecule has 1 N–H and O–H groups in total. The number of esters is 1. The van der Waals surface area contributed by atoms with Crippen molar-refractivity contribution in [2.75, 3.05) is 53.0 Å². The summed E-state index contributed by atoms with van der Waals surface area (Å²) in [6.07, 6.45) is 3.57. The summed E-state index contributed by atoms with van der Waals surface area (Å²) in [5.74, 6) is 1.29. The summed E-state index contributed by atoms with van der Waals surface area (Å²) in [6.45, 7) is 7.86. The number of aliphatic hydroxyl groups excluding tert-OH is 1. The molecule has 1 atom stereocenters. The maximum absolute atomic E-state index is 11.9. The molecule has 7 nitrogen and oxygen atoms in total. The van der Waals surface area contributed by atoms with Gasteiger partial charge in [-0.05, 0) is 76.5 Å². The van der Waals surface area contributed by atoms with E-state index in [0.29, 0.717) is 24.7 Å². The predicted molar refractivity (Wildman–Crippen MR) is 115 cm³/mol. The highest BCUT2D eigenvalue weighted by Gasteiger charge is 2.26. The predicted octanol–water partition coefficient (Wildman–Crippen LogP) is 2.31. The van der Waals surface area contributed by atoms with Crippen molar-refractivity contribution in [1.29, 1.82) is 0 Å². The monoisotopic (exact) mass is 420 g/mol. The Balaban J connectivity index is 1.50. The third-order valence-corrected chi connectivity index (χ3v) is 5.94. The minimum atomic E-state index is -0.515. The van der Waals surface area contributed by atoms with E-state index in [1.54, 1.807) is 7.11 Å². The van der Waals surface area contributed by atoms with E-state index in [2.05, 4.69) is 9.80 Å². The summed E-state index contributed by atoms with van der Waals surface area (Å²) in [4.78, 5) is 16.5. The third-order valence-electron chi connectivity index (χ3n) is 5.94. The normalized spacial score (nSPS) is 19.6. The van der Waals surface area contributed by atoms with E-state index in [1.165, 1.54) is 12.8 Å². The average molecular weight is 421 g/mol. The van der Waals surface area contributed by atoms with Crippen LogP contribution in [0.5, 0.6) is 11.5 Å². The van der Waals surface area contributed by atoms with Gasteiger partial charge in [-0.3, -0.25) is 9.69 Å². The van der Waals surface area contributed by atoms with Gasteiger partial charge in [0.1, 0.15) is 12.7 Å². The molecule has 30 heavy (non-hydrogen) atoms. The number of carbonyl (C=O) groups excluding carboxylic acids is 1. The van der Waals surface area contributed by atoms with E-state index >= 15 is 0 Å². The van der Waals surface area contributed by atoms with Gasteiger partial charge >= 0.3 is 5.97 Å². The Morgan fingerprint density at radius 3 is 2.53 bits per heavy atom. The highest BCUT2D eigenvalue weighted by atomic mass is 16.5. The van der Waals surface area contributed by atoms with Crippen molar-refractivity contribution in [3.8, 4) is 11.5 Å². The maximum Gasteiger partial charge on any atom is 0.309 e. The van der Waals surface area contributed by atoms with Crippen LogP contribution in [-0.4, -0.2) is 80.0 Å². The van der Waals surface area contributed by atoms with Gasteiger partial charge in [-0.2, -0.15) is 0 Å². The van der Waals surface area contributed by atoms with Crippen LogP contribution in [0.1, 0.15) is 38.2 Å². The van der Waals surface area contributed by atoms with Crippen molar-refractivity contribution in [2.24, 2.45) is 5.92 Å². The molecule has 2 fully saturated rings. The van der Waals surface area contributed by atoms with E-state index in [4.69, 9.17) is 14.2 Å². The molecule has 0 aromatic heterocycles. The lowest BCUT2D eigenvalue weighted by Crippen LogP contribution is -2.36. The minimum absolute atomic E-state index is 0.0213. The molecule has 7 heteroatoms. The molecular formula is C23H36N2O5. The van der Waals surface area contributed by atoms with Crippen molar-refractivity contribution in [3.05, 3.63) is 23.8 Å². The molecule has 0 unspecified atom stereocenters. The topological polar surface area (TPSA) is 71.5 Å². The molecular weight excluding hydrogens is 384 g/mol. The van der Waals surface area contributed by atoms with Gasteiger partial charge in [-0.15, -0.1) is 0 Å². The zero-order valence-electron chi connectivity index (χ0n) is 18.3. The summed E-state index contributed by atoms with van der Waals surface area (Å²) >= 11 is 0. The van der Waals surface area contributed by atoms with Crippen LogP contribution in [-0.2, 0) is 16.1 Å². The van der Waals surface area contributed by atoms with Gasteiger partial charge in [0.05, 0.1) is 19.6 Å². The number of β-amino-alcohol motifs (C(OH)–C–C–N with tert-alkyl or cyclic N) is 1. The molecule has 2 heterocycles. The Morgan fingerprint density at radius 2 is 1.87 bits per heavy atom. The Hall–Kier alpha value is -1.83. The quantitative estimate of drug-likeness (QED) is 0.583. The fourth-order valence-corrected chi connectivity index (χ4v) is 4.28. The number of rotatable bonds is 10. The van der Waals surface area contributed by atoms with Crippen molar-refractivity contribution < 1.29 is 24.1 Å². The first-order valence-corrected chi connectivity index (χ1v) is 11.2. The molecule has 0 amide bonds. The standard InChI is InChI=1S/C23H36N2O5/c1-3-29-23(27)19-8-12-25(13-9-19)15-18-6-7-21(28-2)22(14-18)30-17-20(26)16-24-10-4-5-11-24/h6-7,14,19-20,26H,3-5,8-13,15-17H2,1-2H3/t20-/m0/s1. The number of aliphatic hydroxyl groups is 1. The van der Waals surface area contributed by atoms with Crippen molar-refractivity contribution >= 4 is 5.97 Å². The number of hydrogen-bond acceptors (Lipinski definition) is 7. The summed E-state index contributed by atoms with van der Waals surface area (Å²) in [5.41, 5.74) is 1.13. The number of hydrogen-bond donors (Lipinski definition) is 1. The van der Waals surface area contributed by atoms with Crippen molar-refractivity contribution in [2.45, 2.75) is 45.3 Å². The largest absolute Gasteiger partial charge is 0.493 e. The lowest BCUT2D eigenvalue weighted by Gasteiger charge is -2.31. The second kappa shape index (κ2) is 11.5. The number of benzene rings is 1. The highest BCUT2D eigenvalue weighted by molar-refractivity contribution is 5.72. The summed E-state index contributed by atoms with van der Waals surface area (Å²) < 4.78 is 16.5. The average Bonchev–Trinajstić information content (AvgIpc) is 3.26. The molecule has 2 saturated heterocycles. The minimum Gasteiger partial charge on any atom is -0.493 e. The van der Waals surface area contributed by atoms with E-state index < -0.39 is 6.10 Å². The van der Waals surface area contributed by atoms with E-state index in [9.17, 15) is 9.90 Å². The number of piperidine rings is 1. The number of carbonyl (C=O) groups is 1. The van der Waals surface area contributed by atoms with Crippen molar-refractivity contribution in [3.63, 3.8) is 0 Å². The van der Waals surface area contributed by atoms with Crippen LogP contribution in [0.15, 0.2) is 18.2 Å². The summed E-state index contributed by atoms with van der Waals surface area (Å²) in [6, 6.07) is 5.96. The Kier molecular flexibility index (Phi) is 8.78. The van der Waals surface area contributed by atoms with Crippen LogP contribution in [0.3, 0.4) is 0 Å². The number of likely N-dealkylation sites (tertiary alicyclic amines) is 2. The number of ether oxygens (including phenoxy) is 3. The second-order valence-electron chi connectivity index (χ2n) is 8.26. The van der Waals surface area contributed by atoms with Gasteiger partial charge in [0.2, 0.25) is 0 Å². The molecule has 1 aromatic rings. The second-order valence-corrected chi connectivity index (χ2v) is 8.26. The van der Waals surface area contributed by atoms with E-state index in [1.807, 2.05) is 25.1 Å². The van der Waals surface area contributed by atoms with Gasteiger partial charge in [0.15, 0.2) is 11.5 Å². The lowest BCUT2D eigenvalue weighted by atomic mass is 9.96. The molecule has 0 radical (unpaired) electrons. The molecule has 0 saturated carbocycles. The van der Waals surface area contributed by atoms with Crippen LogP contribution in [0.25, 0.3) is 0 Å². The zero-order valence-corrected chi connectivity index (χ0v) is 18.3. The van der Waals surface area contributed by atoms with Gasteiger partial charge in [0, 0.05) is 13.1 Å². The van der Waals surface area contributed by atoms with Crippen LogP contribution in [0.4, 0.5) is 0 Å². The van der Waals surface area contributed by atoms with Crippen LogP contribution < -0.4 is 9.47 Å². The molecule has 2 aliphatic heterocycles. The molecule has 168 valence electrons. The van der Waals surface area contributed by atoms with Crippen LogP contribution in [0.2, 0.25) is 0 Å². The van der Waals surface area contributed by atoms with Gasteiger partial charge in [-0.1, -0.05) is 6.07 Å². The Labute approximate surface area is 179 Å². The van der Waals surface area contributed by atoms with Crippen LogP contribution >= 0.6 is 0 Å². The number of methoxy groups -OCH3 is 1. The van der Waals surface area contributed by atoms with Gasteiger partial charge < -0.3 is 24.2 Å². The smallest absolute Gasteiger partial charge is 0.309 e. The van der Waals surface area contributed by atoms with Crippen LogP contribution in [0, 0.1) is 5.92 Å². The first-order valence-electron chi connectivity index (χ1n) is 11.2.